The van der Waals surface area contributed by atoms with E-state index in [2.05, 4.69) is 12.8 Å². The molecule has 4 rings (SSSR count). The van der Waals surface area contributed by atoms with Crippen molar-refractivity contribution in [3.8, 4) is 12.3 Å². The van der Waals surface area contributed by atoms with Crippen molar-refractivity contribution in [2.75, 3.05) is 0 Å². The van der Waals surface area contributed by atoms with E-state index in [-0.39, 0.29) is 11.2 Å². The summed E-state index contributed by atoms with van der Waals surface area (Å²) in [6.45, 7) is 2.22. The average molecular weight is 310 g/mol. The molecular weight excluding hydrogens is 284 g/mol. The summed E-state index contributed by atoms with van der Waals surface area (Å²) in [5.74, 6) is 6.39. The molecule has 2 nitrogen and oxygen atoms in total. The number of rotatable bonds is 1. The molecule has 6 atom stereocenters. The predicted molar refractivity (Wildman–Crippen MR) is 89.4 cm³/mol. The molecule has 0 heterocycles. The van der Waals surface area contributed by atoms with Crippen molar-refractivity contribution in [1.82, 2.24) is 0 Å². The maximum Gasteiger partial charge on any atom is 0.155 e. The van der Waals surface area contributed by atoms with Gasteiger partial charge in [-0.2, -0.15) is 0 Å². The third-order valence-electron chi connectivity index (χ3n) is 7.57. The van der Waals surface area contributed by atoms with E-state index in [1.807, 2.05) is 6.08 Å². The van der Waals surface area contributed by atoms with Crippen LogP contribution in [0.2, 0.25) is 0 Å². The molecule has 122 valence electrons. The summed E-state index contributed by atoms with van der Waals surface area (Å²) in [7, 11) is 0. The topological polar surface area (TPSA) is 34.1 Å². The van der Waals surface area contributed by atoms with E-state index in [9.17, 15) is 9.59 Å². The lowest BCUT2D eigenvalue weighted by molar-refractivity contribution is -0.131. The Hall–Kier alpha value is -1.36. The van der Waals surface area contributed by atoms with Gasteiger partial charge in [-0.15, -0.1) is 12.3 Å². The van der Waals surface area contributed by atoms with Crippen LogP contribution in [-0.2, 0) is 9.59 Å². The molecule has 23 heavy (non-hydrogen) atoms. The first-order valence-electron chi connectivity index (χ1n) is 9.25. The van der Waals surface area contributed by atoms with Crippen LogP contribution in [0.3, 0.4) is 0 Å². The highest BCUT2D eigenvalue weighted by atomic mass is 16.1. The molecule has 0 spiro atoms. The highest BCUT2D eigenvalue weighted by Crippen LogP contribution is 2.61. The van der Waals surface area contributed by atoms with Crippen LogP contribution < -0.4 is 0 Å². The maximum absolute atomic E-state index is 12.4. The first kappa shape index (κ1) is 15.2. The SMILES string of the molecule is C#CC[C@@H]1C[C@@H]2[C@H](CC[C@]3(C)C(=O)CC[C@@H]23)[C@H]2CCC(=O)C=C12. The molecule has 3 fully saturated rings. The van der Waals surface area contributed by atoms with E-state index in [4.69, 9.17) is 6.42 Å². The summed E-state index contributed by atoms with van der Waals surface area (Å²) in [4.78, 5) is 24.4. The monoisotopic (exact) mass is 310 g/mol. The van der Waals surface area contributed by atoms with Crippen LogP contribution in [0.25, 0.3) is 0 Å². The molecule has 0 radical (unpaired) electrons. The molecule has 0 amide bonds. The van der Waals surface area contributed by atoms with Gasteiger partial charge in [0.15, 0.2) is 5.78 Å². The standard InChI is InChI=1S/C21H26O2/c1-3-4-13-11-18-16(15-6-5-14(22)12-17(13)15)9-10-21(2)19(18)7-8-20(21)23/h1,12-13,15-16,18-19H,4-11H2,2H3/t13-,15-,16-,18-,19+,21+/m1/s1. The molecule has 0 unspecified atom stereocenters. The lowest BCUT2D eigenvalue weighted by Crippen LogP contribution is -2.48. The van der Waals surface area contributed by atoms with Crippen molar-refractivity contribution >= 4 is 11.6 Å². The summed E-state index contributed by atoms with van der Waals surface area (Å²) in [5.41, 5.74) is 1.28. The third kappa shape index (κ3) is 2.16. The minimum absolute atomic E-state index is 0.0758. The molecule has 0 N–H and O–H groups in total. The molecular formula is C21H26O2. The second kappa shape index (κ2) is 5.33. The molecule has 0 aromatic carbocycles. The van der Waals surface area contributed by atoms with Gasteiger partial charge in [0.2, 0.25) is 0 Å². The zero-order chi connectivity index (χ0) is 16.2. The molecule has 0 aliphatic heterocycles. The van der Waals surface area contributed by atoms with E-state index < -0.39 is 0 Å². The first-order chi connectivity index (χ1) is 11.0. The molecule has 0 aromatic rings. The second-order valence-electron chi connectivity index (χ2n) is 8.45. The highest BCUT2D eigenvalue weighted by molar-refractivity contribution is 5.91. The number of hydrogen-bond donors (Lipinski definition) is 0. The van der Waals surface area contributed by atoms with Crippen molar-refractivity contribution in [1.29, 1.82) is 0 Å². The van der Waals surface area contributed by atoms with Crippen LogP contribution in [0.4, 0.5) is 0 Å². The molecule has 0 saturated heterocycles. The quantitative estimate of drug-likeness (QED) is 0.687. The van der Waals surface area contributed by atoms with Crippen LogP contribution in [0.15, 0.2) is 11.6 Å². The van der Waals surface area contributed by atoms with E-state index >= 15 is 0 Å². The highest BCUT2D eigenvalue weighted by Gasteiger charge is 2.57. The average Bonchev–Trinajstić information content (AvgIpc) is 2.83. The van der Waals surface area contributed by atoms with Crippen molar-refractivity contribution in [2.24, 2.45) is 35.0 Å². The molecule has 0 aromatic heterocycles. The van der Waals surface area contributed by atoms with Crippen molar-refractivity contribution in [2.45, 2.75) is 58.3 Å². The summed E-state index contributed by atoms with van der Waals surface area (Å²) < 4.78 is 0. The van der Waals surface area contributed by atoms with Crippen molar-refractivity contribution in [3.05, 3.63) is 11.6 Å². The number of fused-ring (bicyclic) bond motifs is 5. The minimum atomic E-state index is -0.0758. The summed E-state index contributed by atoms with van der Waals surface area (Å²) >= 11 is 0. The van der Waals surface area contributed by atoms with Gasteiger partial charge < -0.3 is 0 Å². The number of hydrogen-bond acceptors (Lipinski definition) is 2. The normalized spacial score (nSPS) is 45.6. The van der Waals surface area contributed by atoms with Crippen molar-refractivity contribution in [3.63, 3.8) is 0 Å². The van der Waals surface area contributed by atoms with Gasteiger partial charge in [0, 0.05) is 24.7 Å². The van der Waals surface area contributed by atoms with Gasteiger partial charge in [0.05, 0.1) is 0 Å². The Balaban J connectivity index is 1.70. The Morgan fingerprint density at radius 2 is 2.04 bits per heavy atom. The summed E-state index contributed by atoms with van der Waals surface area (Å²) in [6.07, 6.45) is 15.1. The van der Waals surface area contributed by atoms with Crippen molar-refractivity contribution < 1.29 is 9.59 Å². The van der Waals surface area contributed by atoms with Gasteiger partial charge >= 0.3 is 0 Å². The van der Waals surface area contributed by atoms with Gasteiger partial charge in [-0.25, -0.2) is 0 Å². The minimum Gasteiger partial charge on any atom is -0.299 e. The van der Waals surface area contributed by atoms with Gasteiger partial charge in [-0.3, -0.25) is 9.59 Å². The summed E-state index contributed by atoms with van der Waals surface area (Å²) in [6, 6.07) is 0. The number of carbonyl (C=O) groups is 2. The number of terminal acetylenes is 1. The van der Waals surface area contributed by atoms with Crippen LogP contribution in [-0.4, -0.2) is 11.6 Å². The predicted octanol–water partition coefficient (Wildman–Crippen LogP) is 3.95. The second-order valence-corrected chi connectivity index (χ2v) is 8.45. The zero-order valence-corrected chi connectivity index (χ0v) is 14.0. The van der Waals surface area contributed by atoms with Crippen LogP contribution in [0.5, 0.6) is 0 Å². The lowest BCUT2D eigenvalue weighted by Gasteiger charge is -2.54. The third-order valence-corrected chi connectivity index (χ3v) is 7.57. The smallest absolute Gasteiger partial charge is 0.155 e. The van der Waals surface area contributed by atoms with Gasteiger partial charge in [0.1, 0.15) is 5.78 Å². The maximum atomic E-state index is 12.4. The number of carbonyl (C=O) groups excluding carboxylic acids is 2. The van der Waals surface area contributed by atoms with E-state index in [1.54, 1.807) is 0 Å². The Morgan fingerprint density at radius 3 is 2.83 bits per heavy atom. The van der Waals surface area contributed by atoms with Gasteiger partial charge in [-0.1, -0.05) is 12.5 Å². The van der Waals surface area contributed by atoms with Gasteiger partial charge in [-0.05, 0) is 67.8 Å². The fourth-order valence-electron chi connectivity index (χ4n) is 6.45. The van der Waals surface area contributed by atoms with Gasteiger partial charge in [0.25, 0.3) is 0 Å². The van der Waals surface area contributed by atoms with Crippen LogP contribution in [0, 0.1) is 47.3 Å². The fraction of sp³-hybridized carbons (Fsp3) is 0.714. The Kier molecular flexibility index (Phi) is 3.52. The number of allylic oxidation sites excluding steroid dienone is 1. The Morgan fingerprint density at radius 1 is 1.22 bits per heavy atom. The van der Waals surface area contributed by atoms with Crippen LogP contribution in [0.1, 0.15) is 58.3 Å². The number of ketones is 2. The largest absolute Gasteiger partial charge is 0.299 e. The molecule has 0 bridgehead atoms. The van der Waals surface area contributed by atoms with E-state index in [1.165, 1.54) is 5.57 Å². The fourth-order valence-corrected chi connectivity index (χ4v) is 6.45. The van der Waals surface area contributed by atoms with E-state index in [0.29, 0.717) is 41.8 Å². The molecule has 2 heteroatoms. The lowest BCUT2D eigenvalue weighted by atomic mass is 9.50. The molecule has 4 aliphatic carbocycles. The Labute approximate surface area is 139 Å². The van der Waals surface area contributed by atoms with Crippen LogP contribution >= 0.6 is 0 Å². The first-order valence-corrected chi connectivity index (χ1v) is 9.25. The number of Topliss-reactive ketones (excluding diaryl/α,β-unsaturated/α-hetero) is 1. The molecule has 3 saturated carbocycles. The zero-order valence-electron chi connectivity index (χ0n) is 14.0. The summed E-state index contributed by atoms with van der Waals surface area (Å²) in [5, 5.41) is 0. The van der Waals surface area contributed by atoms with E-state index in [0.717, 1.165) is 44.9 Å². The Bertz CT molecular complexity index is 622. The molecule has 4 aliphatic rings.